The number of carbonyl (C=O) groups excluding carboxylic acids is 1. The van der Waals surface area contributed by atoms with E-state index in [4.69, 9.17) is 17.3 Å². The van der Waals surface area contributed by atoms with Crippen molar-refractivity contribution in [3.63, 3.8) is 0 Å². The second-order valence-corrected chi connectivity index (χ2v) is 4.92. The number of aromatic amines is 1. The number of methoxy groups -OCH3 is 1. The van der Waals surface area contributed by atoms with Gasteiger partial charge in [-0.1, -0.05) is 11.6 Å². The molecule has 1 aromatic carbocycles. The van der Waals surface area contributed by atoms with Crippen LogP contribution in [-0.4, -0.2) is 24.1 Å². The fraction of sp³-hybridized carbons (Fsp3) is 0.308. The molecule has 0 aliphatic rings. The van der Waals surface area contributed by atoms with Gasteiger partial charge in [-0.15, -0.1) is 0 Å². The van der Waals surface area contributed by atoms with Crippen LogP contribution in [0.15, 0.2) is 18.2 Å². The molecule has 0 amide bonds. The maximum absolute atomic E-state index is 12.9. The molecule has 0 aliphatic carbocycles. The normalized spacial score (nSPS) is 13.4. The lowest BCUT2D eigenvalue weighted by molar-refractivity contribution is -0.142. The van der Waals surface area contributed by atoms with E-state index in [0.29, 0.717) is 5.69 Å². The highest BCUT2D eigenvalue weighted by molar-refractivity contribution is 6.35. The fourth-order valence-electron chi connectivity index (χ4n) is 2.07. The molecule has 2 aromatic rings. The Morgan fingerprint density at radius 3 is 2.71 bits per heavy atom. The Morgan fingerprint density at radius 1 is 1.48 bits per heavy atom. The summed E-state index contributed by atoms with van der Waals surface area (Å²) in [6, 6.07) is 2.43. The number of nitrogens with two attached hydrogens (primary N) is 1. The number of H-pyrrole nitrogens is 1. The Kier molecular flexibility index (Phi) is 4.15. The first-order valence-electron chi connectivity index (χ1n) is 5.94. The van der Waals surface area contributed by atoms with E-state index in [2.05, 4.69) is 9.72 Å². The molecule has 4 nitrogen and oxygen atoms in total. The number of nitrogens with one attached hydrogen (secondary N) is 1. The number of alkyl halides is 3. The van der Waals surface area contributed by atoms with E-state index in [1.807, 2.05) is 0 Å². The Hall–Kier alpha value is -1.73. The highest BCUT2D eigenvalue weighted by atomic mass is 35.5. The van der Waals surface area contributed by atoms with E-state index in [1.165, 1.54) is 19.2 Å². The van der Waals surface area contributed by atoms with E-state index < -0.39 is 23.8 Å². The molecule has 0 bridgehead atoms. The van der Waals surface area contributed by atoms with Crippen LogP contribution in [0.5, 0.6) is 0 Å². The van der Waals surface area contributed by atoms with Crippen molar-refractivity contribution < 1.29 is 22.7 Å². The molecule has 0 fully saturated rings. The summed E-state index contributed by atoms with van der Waals surface area (Å²) >= 11 is 5.90. The zero-order valence-corrected chi connectivity index (χ0v) is 11.7. The number of halogens is 4. The molecule has 2 rings (SSSR count). The van der Waals surface area contributed by atoms with Crippen LogP contribution in [0.4, 0.5) is 13.2 Å². The van der Waals surface area contributed by atoms with Gasteiger partial charge in [-0.25, -0.2) is 0 Å². The van der Waals surface area contributed by atoms with Crippen LogP contribution in [0.25, 0.3) is 10.9 Å². The zero-order chi connectivity index (χ0) is 15.8. The summed E-state index contributed by atoms with van der Waals surface area (Å²) in [4.78, 5) is 14.0. The second-order valence-electron chi connectivity index (χ2n) is 4.51. The molecule has 114 valence electrons. The highest BCUT2D eigenvalue weighted by Gasteiger charge is 2.33. The van der Waals surface area contributed by atoms with Gasteiger partial charge in [0.05, 0.1) is 23.2 Å². The quantitative estimate of drug-likeness (QED) is 0.854. The van der Waals surface area contributed by atoms with Gasteiger partial charge in [0.1, 0.15) is 6.04 Å². The molecule has 21 heavy (non-hydrogen) atoms. The molecular formula is C13H12ClF3N2O2. The minimum Gasteiger partial charge on any atom is -0.468 e. The maximum atomic E-state index is 12.9. The maximum Gasteiger partial charge on any atom is 0.417 e. The summed E-state index contributed by atoms with van der Waals surface area (Å²) in [6.07, 6.45) is -4.47. The van der Waals surface area contributed by atoms with Crippen LogP contribution >= 0.6 is 11.6 Å². The van der Waals surface area contributed by atoms with Crippen molar-refractivity contribution in [1.29, 1.82) is 0 Å². The van der Waals surface area contributed by atoms with Gasteiger partial charge in [-0.3, -0.25) is 4.79 Å². The van der Waals surface area contributed by atoms with Crippen molar-refractivity contribution in [2.45, 2.75) is 18.6 Å². The van der Waals surface area contributed by atoms with Gasteiger partial charge in [0.25, 0.3) is 0 Å². The molecule has 1 heterocycles. The molecular weight excluding hydrogens is 309 g/mol. The fourth-order valence-corrected chi connectivity index (χ4v) is 2.28. The van der Waals surface area contributed by atoms with Crippen molar-refractivity contribution in [3.05, 3.63) is 34.5 Å². The number of rotatable bonds is 3. The highest BCUT2D eigenvalue weighted by Crippen LogP contribution is 2.37. The van der Waals surface area contributed by atoms with Gasteiger partial charge >= 0.3 is 12.1 Å². The number of carbonyl (C=O) groups is 1. The van der Waals surface area contributed by atoms with Gasteiger partial charge in [-0.05, 0) is 18.2 Å². The third-order valence-corrected chi connectivity index (χ3v) is 3.36. The number of esters is 1. The van der Waals surface area contributed by atoms with Gasteiger partial charge in [0, 0.05) is 17.5 Å². The van der Waals surface area contributed by atoms with Crippen molar-refractivity contribution in [2.24, 2.45) is 5.73 Å². The van der Waals surface area contributed by atoms with Gasteiger partial charge in [-0.2, -0.15) is 13.2 Å². The Bertz CT molecular complexity index is 682. The molecule has 0 saturated heterocycles. The summed E-state index contributed by atoms with van der Waals surface area (Å²) in [7, 11) is 1.19. The van der Waals surface area contributed by atoms with Crippen LogP contribution in [-0.2, 0) is 22.1 Å². The van der Waals surface area contributed by atoms with Gasteiger partial charge in [0.2, 0.25) is 0 Å². The smallest absolute Gasteiger partial charge is 0.417 e. The van der Waals surface area contributed by atoms with E-state index in [9.17, 15) is 18.0 Å². The topological polar surface area (TPSA) is 68.1 Å². The molecule has 1 atom stereocenters. The van der Waals surface area contributed by atoms with E-state index in [0.717, 1.165) is 6.07 Å². The van der Waals surface area contributed by atoms with Crippen LogP contribution in [0.2, 0.25) is 5.02 Å². The summed E-state index contributed by atoms with van der Waals surface area (Å²) in [5.41, 5.74) is 5.34. The van der Waals surface area contributed by atoms with Crippen LogP contribution in [0.3, 0.4) is 0 Å². The largest absolute Gasteiger partial charge is 0.468 e. The molecule has 0 spiro atoms. The summed E-state index contributed by atoms with van der Waals surface area (Å²) in [6.45, 7) is 0. The van der Waals surface area contributed by atoms with E-state index in [1.54, 1.807) is 0 Å². The molecule has 1 unspecified atom stereocenters. The second kappa shape index (κ2) is 5.57. The van der Waals surface area contributed by atoms with Crippen LogP contribution < -0.4 is 5.73 Å². The number of hydrogen-bond donors (Lipinski definition) is 2. The first-order chi connectivity index (χ1) is 9.74. The lowest BCUT2D eigenvalue weighted by Gasteiger charge is -2.08. The molecule has 3 N–H and O–H groups in total. The third-order valence-electron chi connectivity index (χ3n) is 3.05. The Labute approximate surface area is 123 Å². The number of fused-ring (bicyclic) bond motifs is 1. The number of aromatic nitrogens is 1. The lowest BCUT2D eigenvalue weighted by Crippen LogP contribution is -2.33. The minimum absolute atomic E-state index is 0.0228. The summed E-state index contributed by atoms with van der Waals surface area (Å²) < 4.78 is 43.3. The first kappa shape index (κ1) is 15.7. The SMILES string of the molecule is COC(=O)C(N)Cc1cc2c(C(F)(F)F)ccc(Cl)c2[nH]1. The minimum atomic E-state index is -4.49. The summed E-state index contributed by atoms with van der Waals surface area (Å²) in [5, 5.41) is 0.109. The first-order valence-corrected chi connectivity index (χ1v) is 6.32. The van der Waals surface area contributed by atoms with Gasteiger partial charge < -0.3 is 15.5 Å². The van der Waals surface area contributed by atoms with E-state index >= 15 is 0 Å². The third kappa shape index (κ3) is 3.14. The standard InChI is InChI=1S/C13H12ClF3N2O2/c1-21-12(20)10(18)5-6-4-7-8(13(15,16)17)2-3-9(14)11(7)19-6/h2-4,10,19H,5,18H2,1H3. The monoisotopic (exact) mass is 320 g/mol. The molecule has 1 aromatic heterocycles. The molecule has 0 saturated carbocycles. The number of hydrogen-bond acceptors (Lipinski definition) is 3. The van der Waals surface area contributed by atoms with Crippen molar-refractivity contribution in [3.8, 4) is 0 Å². The Morgan fingerprint density at radius 2 is 2.14 bits per heavy atom. The van der Waals surface area contributed by atoms with E-state index in [-0.39, 0.29) is 22.3 Å². The lowest BCUT2D eigenvalue weighted by atomic mass is 10.1. The average Bonchev–Trinajstić information content (AvgIpc) is 2.80. The zero-order valence-electron chi connectivity index (χ0n) is 10.9. The molecule has 8 heteroatoms. The predicted molar refractivity (Wildman–Crippen MR) is 72.0 cm³/mol. The van der Waals surface area contributed by atoms with Gasteiger partial charge in [0.15, 0.2) is 0 Å². The van der Waals surface area contributed by atoms with Crippen molar-refractivity contribution >= 4 is 28.5 Å². The average molecular weight is 321 g/mol. The van der Waals surface area contributed by atoms with Crippen LogP contribution in [0, 0.1) is 0 Å². The van der Waals surface area contributed by atoms with Crippen molar-refractivity contribution in [2.75, 3.05) is 7.11 Å². The number of ether oxygens (including phenoxy) is 1. The molecule has 0 radical (unpaired) electrons. The Balaban J connectivity index is 2.46. The van der Waals surface area contributed by atoms with Crippen molar-refractivity contribution in [1.82, 2.24) is 4.98 Å². The summed E-state index contributed by atoms with van der Waals surface area (Å²) in [5.74, 6) is -0.643. The number of benzene rings is 1. The molecule has 0 aliphatic heterocycles. The predicted octanol–water partition coefficient (Wildman–Crippen LogP) is 2.88. The van der Waals surface area contributed by atoms with Crippen LogP contribution in [0.1, 0.15) is 11.3 Å².